The van der Waals surface area contributed by atoms with Crippen LogP contribution in [0.3, 0.4) is 0 Å². The highest BCUT2D eigenvalue weighted by Crippen LogP contribution is 2.29. The normalized spacial score (nSPS) is 15.9. The second-order valence-corrected chi connectivity index (χ2v) is 5.24. The summed E-state index contributed by atoms with van der Waals surface area (Å²) in [5.74, 6) is 0.779. The fraction of sp³-hybridized carbons (Fsp3) is 0.636. The van der Waals surface area contributed by atoms with E-state index in [0.29, 0.717) is 4.47 Å². The molecule has 1 heterocycles. The Morgan fingerprint density at radius 2 is 2.31 bits per heavy atom. The van der Waals surface area contributed by atoms with E-state index in [1.165, 1.54) is 23.9 Å². The highest BCUT2D eigenvalue weighted by atomic mass is 79.9. The number of aryl methyl sites for hydroxylation is 1. The number of hydrogen-bond donors (Lipinski definition) is 0. The summed E-state index contributed by atoms with van der Waals surface area (Å²) >= 11 is 3.35. The van der Waals surface area contributed by atoms with Crippen molar-refractivity contribution in [2.24, 2.45) is 13.0 Å². The van der Waals surface area contributed by atoms with Gasteiger partial charge in [-0.2, -0.15) is 5.10 Å². The van der Waals surface area contributed by atoms with Crippen molar-refractivity contribution in [1.82, 2.24) is 9.78 Å². The van der Waals surface area contributed by atoms with Gasteiger partial charge in [0.15, 0.2) is 0 Å². The van der Waals surface area contributed by atoms with Crippen LogP contribution in [-0.4, -0.2) is 23.4 Å². The molecule has 0 N–H and O–H groups in total. The number of nitrogens with zero attached hydrogens (tertiary/aromatic N) is 3. The van der Waals surface area contributed by atoms with Gasteiger partial charge in [-0.3, -0.25) is 4.79 Å². The second-order valence-electron chi connectivity index (χ2n) is 4.45. The van der Waals surface area contributed by atoms with Gasteiger partial charge in [-0.15, -0.1) is 0 Å². The summed E-state index contributed by atoms with van der Waals surface area (Å²) in [6, 6.07) is 0. The third kappa shape index (κ3) is 2.14. The van der Waals surface area contributed by atoms with Gasteiger partial charge < -0.3 is 4.90 Å². The van der Waals surface area contributed by atoms with E-state index in [9.17, 15) is 4.79 Å². The van der Waals surface area contributed by atoms with Gasteiger partial charge in [0, 0.05) is 20.6 Å². The van der Waals surface area contributed by atoms with Crippen molar-refractivity contribution in [3.8, 4) is 0 Å². The minimum absolute atomic E-state index is 0.0852. The Morgan fingerprint density at radius 3 is 2.88 bits per heavy atom. The quantitative estimate of drug-likeness (QED) is 0.850. The highest BCUT2D eigenvalue weighted by molar-refractivity contribution is 9.10. The fourth-order valence-electron chi connectivity index (χ4n) is 1.93. The lowest BCUT2D eigenvalue weighted by molar-refractivity contribution is 0.321. The van der Waals surface area contributed by atoms with Crippen molar-refractivity contribution < 1.29 is 0 Å². The molecular formula is C11H16BrN3O. The molecule has 16 heavy (non-hydrogen) atoms. The molecule has 1 aliphatic carbocycles. The van der Waals surface area contributed by atoms with Gasteiger partial charge in [-0.25, -0.2) is 4.68 Å². The van der Waals surface area contributed by atoms with Gasteiger partial charge in [0.05, 0.1) is 11.9 Å². The molecule has 1 aliphatic rings. The molecule has 0 amide bonds. The molecule has 5 heteroatoms. The second kappa shape index (κ2) is 4.57. The summed E-state index contributed by atoms with van der Waals surface area (Å²) < 4.78 is 1.94. The lowest BCUT2D eigenvalue weighted by atomic mass is 9.85. The maximum atomic E-state index is 11.7. The maximum Gasteiger partial charge on any atom is 0.282 e. The van der Waals surface area contributed by atoms with Crippen molar-refractivity contribution in [3.63, 3.8) is 0 Å². The zero-order valence-corrected chi connectivity index (χ0v) is 11.2. The predicted molar refractivity (Wildman–Crippen MR) is 67.8 cm³/mol. The Hall–Kier alpha value is -0.840. The third-order valence-electron chi connectivity index (χ3n) is 3.23. The maximum absolute atomic E-state index is 11.7. The molecule has 4 nitrogen and oxygen atoms in total. The van der Waals surface area contributed by atoms with Crippen molar-refractivity contribution in [2.75, 3.05) is 18.5 Å². The molecule has 1 saturated carbocycles. The Kier molecular flexibility index (Phi) is 3.33. The van der Waals surface area contributed by atoms with Gasteiger partial charge in [0.25, 0.3) is 5.56 Å². The average Bonchev–Trinajstić information content (AvgIpc) is 2.20. The summed E-state index contributed by atoms with van der Waals surface area (Å²) in [6.07, 6.45) is 5.69. The smallest absolute Gasteiger partial charge is 0.282 e. The van der Waals surface area contributed by atoms with Crippen molar-refractivity contribution in [2.45, 2.75) is 19.3 Å². The van der Waals surface area contributed by atoms with Crippen LogP contribution >= 0.6 is 15.9 Å². The Labute approximate surface area is 103 Å². The Bertz CT molecular complexity index is 439. The van der Waals surface area contributed by atoms with E-state index in [1.54, 1.807) is 13.2 Å². The first-order chi connectivity index (χ1) is 7.59. The van der Waals surface area contributed by atoms with Gasteiger partial charge in [-0.1, -0.05) is 6.42 Å². The largest absolute Gasteiger partial charge is 0.372 e. The van der Waals surface area contributed by atoms with E-state index in [0.717, 1.165) is 18.2 Å². The highest BCUT2D eigenvalue weighted by Gasteiger charge is 2.20. The first kappa shape index (κ1) is 11.6. The summed E-state index contributed by atoms with van der Waals surface area (Å²) in [4.78, 5) is 13.8. The van der Waals surface area contributed by atoms with Crippen LogP contribution in [0.2, 0.25) is 0 Å². The predicted octanol–water partition coefficient (Wildman–Crippen LogP) is 1.78. The van der Waals surface area contributed by atoms with Gasteiger partial charge >= 0.3 is 0 Å². The number of anilines is 1. The molecule has 88 valence electrons. The third-order valence-corrected chi connectivity index (χ3v) is 3.97. The number of rotatable bonds is 3. The standard InChI is InChI=1S/C11H16BrN3O/c1-14(7-8-4-3-5-8)9-6-13-15(2)11(16)10(9)12/h6,8H,3-5,7H2,1-2H3. The van der Waals surface area contributed by atoms with Crippen LogP contribution in [0.5, 0.6) is 0 Å². The molecule has 0 saturated heterocycles. The lowest BCUT2D eigenvalue weighted by Gasteiger charge is -2.31. The van der Waals surface area contributed by atoms with Crippen LogP contribution in [0, 0.1) is 5.92 Å². The van der Waals surface area contributed by atoms with Crippen LogP contribution < -0.4 is 10.5 Å². The first-order valence-electron chi connectivity index (χ1n) is 5.52. The molecule has 2 rings (SSSR count). The van der Waals surface area contributed by atoms with Gasteiger partial charge in [-0.05, 0) is 34.7 Å². The molecule has 0 unspecified atom stereocenters. The van der Waals surface area contributed by atoms with E-state index in [2.05, 4.69) is 25.9 Å². The zero-order chi connectivity index (χ0) is 11.7. The fourth-order valence-corrected chi connectivity index (χ4v) is 2.59. The number of hydrogen-bond acceptors (Lipinski definition) is 3. The molecule has 0 bridgehead atoms. The van der Waals surface area contributed by atoms with Crippen molar-refractivity contribution in [3.05, 3.63) is 21.0 Å². The van der Waals surface area contributed by atoms with Crippen LogP contribution in [-0.2, 0) is 7.05 Å². The minimum Gasteiger partial charge on any atom is -0.372 e. The molecule has 1 aromatic heterocycles. The minimum atomic E-state index is -0.0852. The Balaban J connectivity index is 2.19. The van der Waals surface area contributed by atoms with E-state index >= 15 is 0 Å². The van der Waals surface area contributed by atoms with Crippen LogP contribution in [0.25, 0.3) is 0 Å². The molecule has 0 spiro atoms. The summed E-state index contributed by atoms with van der Waals surface area (Å²) in [6.45, 7) is 1.01. The monoisotopic (exact) mass is 285 g/mol. The molecule has 0 aromatic carbocycles. The number of aromatic nitrogens is 2. The summed E-state index contributed by atoms with van der Waals surface area (Å²) in [5.41, 5.74) is 0.799. The summed E-state index contributed by atoms with van der Waals surface area (Å²) in [5, 5.41) is 4.04. The average molecular weight is 286 g/mol. The van der Waals surface area contributed by atoms with E-state index in [4.69, 9.17) is 0 Å². The van der Waals surface area contributed by atoms with Crippen molar-refractivity contribution >= 4 is 21.6 Å². The van der Waals surface area contributed by atoms with Crippen LogP contribution in [0.4, 0.5) is 5.69 Å². The molecule has 1 fully saturated rings. The Morgan fingerprint density at radius 1 is 1.62 bits per heavy atom. The topological polar surface area (TPSA) is 38.1 Å². The van der Waals surface area contributed by atoms with E-state index in [-0.39, 0.29) is 5.56 Å². The molecule has 1 aromatic rings. The number of halogens is 1. The van der Waals surface area contributed by atoms with E-state index < -0.39 is 0 Å². The molecule has 0 atom stereocenters. The van der Waals surface area contributed by atoms with E-state index in [1.807, 2.05) is 7.05 Å². The SMILES string of the molecule is CN(CC1CCC1)c1cnn(C)c(=O)c1Br. The first-order valence-corrected chi connectivity index (χ1v) is 6.32. The summed E-state index contributed by atoms with van der Waals surface area (Å²) in [7, 11) is 3.67. The van der Waals surface area contributed by atoms with Gasteiger partial charge in [0.2, 0.25) is 0 Å². The van der Waals surface area contributed by atoms with Crippen molar-refractivity contribution in [1.29, 1.82) is 0 Å². The molecule has 0 radical (unpaired) electrons. The molecule has 0 aliphatic heterocycles. The van der Waals surface area contributed by atoms with Crippen LogP contribution in [0.1, 0.15) is 19.3 Å². The van der Waals surface area contributed by atoms with Crippen LogP contribution in [0.15, 0.2) is 15.5 Å². The zero-order valence-electron chi connectivity index (χ0n) is 9.61. The lowest BCUT2D eigenvalue weighted by Crippen LogP contribution is -2.31. The molecular weight excluding hydrogens is 270 g/mol. The van der Waals surface area contributed by atoms with Gasteiger partial charge in [0.1, 0.15) is 4.47 Å².